The van der Waals surface area contributed by atoms with Gasteiger partial charge in [-0.3, -0.25) is 4.90 Å². The van der Waals surface area contributed by atoms with Gasteiger partial charge in [-0.2, -0.15) is 0 Å². The molecule has 2 rings (SSSR count). The molecule has 20 heavy (non-hydrogen) atoms. The fraction of sp³-hybridized carbons (Fsp3) is 0.400. The highest BCUT2D eigenvalue weighted by atomic mass is 35.5. The Labute approximate surface area is 123 Å². The minimum atomic E-state index is -0.360. The van der Waals surface area contributed by atoms with Crippen LogP contribution in [0.2, 0.25) is 5.02 Å². The molecule has 1 amide bonds. The number of carbonyl (C=O) groups excluding carboxylic acids is 1. The molecule has 0 radical (unpaired) electrons. The van der Waals surface area contributed by atoms with Gasteiger partial charge >= 0.3 is 6.09 Å². The van der Waals surface area contributed by atoms with Crippen LogP contribution in [0.1, 0.15) is 18.1 Å². The molecule has 4 nitrogen and oxygen atoms in total. The highest BCUT2D eigenvalue weighted by Crippen LogP contribution is 2.29. The number of hydrogen-bond donors (Lipinski definition) is 0. The maximum absolute atomic E-state index is 12.1. The first-order chi connectivity index (χ1) is 9.56. The highest BCUT2D eigenvalue weighted by Gasteiger charge is 2.33. The van der Waals surface area contributed by atoms with Crippen molar-refractivity contribution in [1.82, 2.24) is 4.90 Å². The summed E-state index contributed by atoms with van der Waals surface area (Å²) in [6, 6.07) is 5.51. The third-order valence-corrected chi connectivity index (χ3v) is 3.67. The maximum atomic E-state index is 12.1. The minimum absolute atomic E-state index is 0.215. The number of ether oxygens (including phenoxy) is 2. The van der Waals surface area contributed by atoms with Gasteiger partial charge in [-0.05, 0) is 30.2 Å². The number of carbonyl (C=O) groups is 1. The molecule has 1 atom stereocenters. The molecular weight excluding hydrogens is 278 g/mol. The maximum Gasteiger partial charge on any atom is 0.410 e. The van der Waals surface area contributed by atoms with E-state index in [-0.39, 0.29) is 12.1 Å². The second kappa shape index (κ2) is 6.18. The van der Waals surface area contributed by atoms with E-state index >= 15 is 0 Å². The molecule has 5 heteroatoms. The van der Waals surface area contributed by atoms with E-state index in [9.17, 15) is 4.79 Å². The van der Waals surface area contributed by atoms with Crippen molar-refractivity contribution in [1.29, 1.82) is 0 Å². The van der Waals surface area contributed by atoms with Gasteiger partial charge in [-0.1, -0.05) is 24.2 Å². The van der Waals surface area contributed by atoms with E-state index in [0.717, 1.165) is 11.1 Å². The van der Waals surface area contributed by atoms with Gasteiger partial charge in [0.15, 0.2) is 0 Å². The van der Waals surface area contributed by atoms with Crippen molar-refractivity contribution in [2.45, 2.75) is 25.9 Å². The first-order valence-electron chi connectivity index (χ1n) is 6.50. The summed E-state index contributed by atoms with van der Waals surface area (Å²) in [6.45, 7) is 6.45. The second-order valence-corrected chi connectivity index (χ2v) is 5.07. The molecule has 0 bridgehead atoms. The predicted molar refractivity (Wildman–Crippen MR) is 77.7 cm³/mol. The molecule has 108 valence electrons. The molecule has 1 unspecified atom stereocenters. The van der Waals surface area contributed by atoms with Crippen molar-refractivity contribution in [2.75, 3.05) is 13.7 Å². The molecule has 1 aliphatic heterocycles. The lowest BCUT2D eigenvalue weighted by Crippen LogP contribution is -2.45. The minimum Gasteiger partial charge on any atom is -0.500 e. The molecule has 0 saturated heterocycles. The van der Waals surface area contributed by atoms with Gasteiger partial charge in [0.1, 0.15) is 5.76 Å². The van der Waals surface area contributed by atoms with Crippen LogP contribution in [0.4, 0.5) is 4.79 Å². The Morgan fingerprint density at radius 2 is 2.25 bits per heavy atom. The van der Waals surface area contributed by atoms with Crippen LogP contribution < -0.4 is 0 Å². The Morgan fingerprint density at radius 1 is 1.50 bits per heavy atom. The van der Waals surface area contributed by atoms with Gasteiger partial charge in [-0.15, -0.1) is 0 Å². The normalized spacial score (nSPS) is 17.4. The van der Waals surface area contributed by atoms with Gasteiger partial charge < -0.3 is 9.47 Å². The summed E-state index contributed by atoms with van der Waals surface area (Å²) in [6.07, 6.45) is 0.291. The average Bonchev–Trinajstić information content (AvgIpc) is 2.45. The summed E-state index contributed by atoms with van der Waals surface area (Å²) in [5.41, 5.74) is 2.18. The Balaban J connectivity index is 2.32. The number of hydrogen-bond acceptors (Lipinski definition) is 3. The molecule has 0 fully saturated rings. The van der Waals surface area contributed by atoms with Crippen molar-refractivity contribution in [3.8, 4) is 0 Å². The zero-order valence-corrected chi connectivity index (χ0v) is 12.4. The zero-order chi connectivity index (χ0) is 14.7. The van der Waals surface area contributed by atoms with Crippen LogP contribution in [0, 0.1) is 0 Å². The number of nitrogens with zero attached hydrogens (tertiary/aromatic N) is 1. The van der Waals surface area contributed by atoms with Crippen molar-refractivity contribution < 1.29 is 14.3 Å². The Hall–Kier alpha value is -1.68. The molecule has 0 saturated carbocycles. The topological polar surface area (TPSA) is 38.8 Å². The van der Waals surface area contributed by atoms with Crippen LogP contribution in [0.15, 0.2) is 30.5 Å². The van der Waals surface area contributed by atoms with Gasteiger partial charge in [-0.25, -0.2) is 4.79 Å². The highest BCUT2D eigenvalue weighted by molar-refractivity contribution is 6.30. The summed E-state index contributed by atoms with van der Waals surface area (Å²) >= 11 is 6.01. The number of fused-ring (bicyclic) bond motifs is 1. The molecule has 1 aromatic rings. The van der Waals surface area contributed by atoms with E-state index in [2.05, 4.69) is 6.58 Å². The van der Waals surface area contributed by atoms with E-state index in [1.807, 2.05) is 18.2 Å². The SMILES string of the molecule is C=C(OC)C1Cc2ccc(Cl)cc2CN1C(=O)OCC. The molecule has 0 spiro atoms. The quantitative estimate of drug-likeness (QED) is 0.803. The lowest BCUT2D eigenvalue weighted by molar-refractivity contribution is 0.0757. The third-order valence-electron chi connectivity index (χ3n) is 3.43. The molecule has 0 aliphatic carbocycles. The van der Waals surface area contributed by atoms with Crippen molar-refractivity contribution in [3.63, 3.8) is 0 Å². The smallest absolute Gasteiger partial charge is 0.410 e. The third kappa shape index (κ3) is 2.90. The van der Waals surface area contributed by atoms with E-state index in [1.165, 1.54) is 0 Å². The number of methoxy groups -OCH3 is 1. The number of halogens is 1. The lowest BCUT2D eigenvalue weighted by atomic mass is 9.93. The summed E-state index contributed by atoms with van der Waals surface area (Å²) in [5, 5.41) is 0.663. The summed E-state index contributed by atoms with van der Waals surface area (Å²) in [7, 11) is 1.56. The van der Waals surface area contributed by atoms with Gasteiger partial charge in [0.05, 0.1) is 26.3 Å². The van der Waals surface area contributed by atoms with E-state index in [0.29, 0.717) is 30.4 Å². The Kier molecular flexibility index (Phi) is 4.55. The van der Waals surface area contributed by atoms with Crippen molar-refractivity contribution in [3.05, 3.63) is 46.7 Å². The van der Waals surface area contributed by atoms with Crippen molar-refractivity contribution >= 4 is 17.7 Å². The first-order valence-corrected chi connectivity index (χ1v) is 6.88. The fourth-order valence-electron chi connectivity index (χ4n) is 2.37. The predicted octanol–water partition coefficient (Wildman–Crippen LogP) is 3.38. The van der Waals surface area contributed by atoms with Crippen molar-refractivity contribution in [2.24, 2.45) is 0 Å². The van der Waals surface area contributed by atoms with Crippen LogP contribution in [-0.2, 0) is 22.4 Å². The first kappa shape index (κ1) is 14.7. The number of rotatable bonds is 3. The lowest BCUT2D eigenvalue weighted by Gasteiger charge is -2.36. The molecule has 0 N–H and O–H groups in total. The van der Waals surface area contributed by atoms with Gasteiger partial charge in [0.25, 0.3) is 0 Å². The molecular formula is C15H18ClNO3. The molecule has 1 aliphatic rings. The van der Waals surface area contributed by atoms with Crippen LogP contribution >= 0.6 is 11.6 Å². The summed E-state index contributed by atoms with van der Waals surface area (Å²) in [4.78, 5) is 13.7. The summed E-state index contributed by atoms with van der Waals surface area (Å²) in [5.74, 6) is 0.554. The Bertz CT molecular complexity index is 530. The standard InChI is InChI=1S/C15H18ClNO3/c1-4-20-15(18)17-9-12-7-13(16)6-5-11(12)8-14(17)10(2)19-3/h5-7,14H,2,4,8-9H2,1,3H3. The molecule has 1 heterocycles. The van der Waals surface area contributed by atoms with Gasteiger partial charge in [0.2, 0.25) is 0 Å². The number of amides is 1. The van der Waals surface area contributed by atoms with Crippen LogP contribution in [0.25, 0.3) is 0 Å². The van der Waals surface area contributed by atoms with E-state index in [1.54, 1.807) is 18.9 Å². The van der Waals surface area contributed by atoms with E-state index < -0.39 is 0 Å². The van der Waals surface area contributed by atoms with Crippen LogP contribution in [0.5, 0.6) is 0 Å². The largest absolute Gasteiger partial charge is 0.500 e. The van der Waals surface area contributed by atoms with E-state index in [4.69, 9.17) is 21.1 Å². The van der Waals surface area contributed by atoms with Crippen LogP contribution in [0.3, 0.4) is 0 Å². The average molecular weight is 296 g/mol. The number of benzene rings is 1. The Morgan fingerprint density at radius 3 is 2.90 bits per heavy atom. The van der Waals surface area contributed by atoms with Gasteiger partial charge in [0, 0.05) is 11.4 Å². The second-order valence-electron chi connectivity index (χ2n) is 4.63. The molecule has 0 aromatic heterocycles. The van der Waals surface area contributed by atoms with Crippen LogP contribution in [-0.4, -0.2) is 30.8 Å². The summed E-state index contributed by atoms with van der Waals surface area (Å²) < 4.78 is 10.3. The zero-order valence-electron chi connectivity index (χ0n) is 11.7. The molecule has 1 aromatic carbocycles. The fourth-order valence-corrected chi connectivity index (χ4v) is 2.57. The monoisotopic (exact) mass is 295 g/mol.